The van der Waals surface area contributed by atoms with Crippen LogP contribution >= 0.6 is 11.3 Å². The van der Waals surface area contributed by atoms with Crippen molar-refractivity contribution >= 4 is 28.7 Å². The number of carboxylic acids is 1. The van der Waals surface area contributed by atoms with Gasteiger partial charge in [0.05, 0.1) is 27.7 Å². The monoisotopic (exact) mass is 293 g/mol. The molecule has 0 saturated carbocycles. The lowest BCUT2D eigenvalue weighted by Gasteiger charge is -2.06. The lowest BCUT2D eigenvalue weighted by atomic mass is 10.1. The quantitative estimate of drug-likeness (QED) is 0.648. The van der Waals surface area contributed by atoms with Gasteiger partial charge in [0.2, 0.25) is 0 Å². The summed E-state index contributed by atoms with van der Waals surface area (Å²) in [5, 5.41) is 25.5. The number of benzene rings is 1. The summed E-state index contributed by atoms with van der Waals surface area (Å²) in [7, 11) is 0. The number of rotatable bonds is 5. The molecule has 0 aliphatic carbocycles. The zero-order valence-corrected chi connectivity index (χ0v) is 11.3. The van der Waals surface area contributed by atoms with Crippen LogP contribution in [0.5, 0.6) is 0 Å². The molecular formula is C12H11N3O4S. The number of nitrogens with one attached hydrogen (secondary N) is 1. The number of aromatic carboxylic acids is 1. The number of aryl methyl sites for hydroxylation is 1. The molecule has 104 valence electrons. The number of carbonyl (C=O) groups is 1. The maximum atomic E-state index is 11.0. The van der Waals surface area contributed by atoms with Crippen LogP contribution < -0.4 is 5.32 Å². The number of hydrogen-bond acceptors (Lipinski definition) is 6. The Morgan fingerprint density at radius 3 is 2.85 bits per heavy atom. The lowest BCUT2D eigenvalue weighted by molar-refractivity contribution is -0.384. The second-order valence-corrected chi connectivity index (χ2v) is 5.07. The molecule has 0 bridgehead atoms. The molecule has 2 rings (SSSR count). The van der Waals surface area contributed by atoms with Crippen LogP contribution in [0.1, 0.15) is 21.1 Å². The maximum Gasteiger partial charge on any atom is 0.335 e. The van der Waals surface area contributed by atoms with Gasteiger partial charge in [0, 0.05) is 11.4 Å². The summed E-state index contributed by atoms with van der Waals surface area (Å²) in [6.45, 7) is 2.22. The number of anilines is 1. The van der Waals surface area contributed by atoms with E-state index in [4.69, 9.17) is 5.11 Å². The van der Waals surface area contributed by atoms with Gasteiger partial charge in [0.1, 0.15) is 5.69 Å². The molecule has 0 radical (unpaired) electrons. The third-order valence-corrected chi connectivity index (χ3v) is 3.39. The first-order valence-corrected chi connectivity index (χ1v) is 6.52. The summed E-state index contributed by atoms with van der Waals surface area (Å²) >= 11 is 1.49. The highest BCUT2D eigenvalue weighted by Gasteiger charge is 2.17. The molecule has 0 aliphatic rings. The van der Waals surface area contributed by atoms with Gasteiger partial charge in [-0.25, -0.2) is 9.78 Å². The van der Waals surface area contributed by atoms with Crippen molar-refractivity contribution in [1.29, 1.82) is 0 Å². The fraction of sp³-hybridized carbons (Fsp3) is 0.167. The SMILES string of the molecule is Cc1nc(CNc2ccc(C(=O)O)cc2[N+](=O)[O-])cs1. The van der Waals surface area contributed by atoms with E-state index < -0.39 is 10.9 Å². The Morgan fingerprint density at radius 1 is 1.55 bits per heavy atom. The van der Waals surface area contributed by atoms with Crippen molar-refractivity contribution in [1.82, 2.24) is 4.98 Å². The van der Waals surface area contributed by atoms with Crippen LogP contribution in [-0.2, 0) is 6.54 Å². The van der Waals surface area contributed by atoms with E-state index in [1.807, 2.05) is 12.3 Å². The van der Waals surface area contributed by atoms with E-state index in [9.17, 15) is 14.9 Å². The molecule has 0 amide bonds. The molecule has 0 saturated heterocycles. The van der Waals surface area contributed by atoms with Crippen molar-refractivity contribution < 1.29 is 14.8 Å². The number of hydrogen-bond donors (Lipinski definition) is 2. The molecule has 8 heteroatoms. The number of nitrogens with zero attached hydrogens (tertiary/aromatic N) is 2. The van der Waals surface area contributed by atoms with Crippen LogP contribution in [0.15, 0.2) is 23.6 Å². The molecule has 7 nitrogen and oxygen atoms in total. The van der Waals surface area contributed by atoms with Gasteiger partial charge in [0.25, 0.3) is 5.69 Å². The smallest absolute Gasteiger partial charge is 0.335 e. The summed E-state index contributed by atoms with van der Waals surface area (Å²) < 4.78 is 0. The average Bonchev–Trinajstić information content (AvgIpc) is 2.81. The normalized spacial score (nSPS) is 10.2. The largest absolute Gasteiger partial charge is 0.478 e. The number of nitro benzene ring substituents is 1. The van der Waals surface area contributed by atoms with E-state index >= 15 is 0 Å². The summed E-state index contributed by atoms with van der Waals surface area (Å²) in [4.78, 5) is 25.4. The molecule has 2 N–H and O–H groups in total. The Bertz CT molecular complexity index is 668. The predicted octanol–water partition coefficient (Wildman–Crippen LogP) is 2.67. The molecule has 0 aliphatic heterocycles. The Balaban J connectivity index is 2.22. The lowest BCUT2D eigenvalue weighted by Crippen LogP contribution is -2.05. The molecule has 0 spiro atoms. The minimum absolute atomic E-state index is 0.119. The number of carboxylic acid groups (broad SMARTS) is 1. The zero-order valence-electron chi connectivity index (χ0n) is 10.5. The minimum Gasteiger partial charge on any atom is -0.478 e. The van der Waals surface area contributed by atoms with Gasteiger partial charge in [-0.1, -0.05) is 0 Å². The van der Waals surface area contributed by atoms with Crippen LogP contribution in [0, 0.1) is 17.0 Å². The number of nitro groups is 1. The zero-order chi connectivity index (χ0) is 14.7. The molecule has 20 heavy (non-hydrogen) atoms. The van der Waals surface area contributed by atoms with E-state index in [1.165, 1.54) is 23.5 Å². The van der Waals surface area contributed by atoms with Crippen LogP contribution in [0.4, 0.5) is 11.4 Å². The standard InChI is InChI=1S/C12H11N3O4S/c1-7-14-9(6-20-7)5-13-10-3-2-8(12(16)17)4-11(10)15(18)19/h2-4,6,13H,5H2,1H3,(H,16,17). The van der Waals surface area contributed by atoms with Crippen molar-refractivity contribution in [3.63, 3.8) is 0 Å². The van der Waals surface area contributed by atoms with Crippen LogP contribution in [0.2, 0.25) is 0 Å². The minimum atomic E-state index is -1.20. The Hall–Kier alpha value is -2.48. The fourth-order valence-corrected chi connectivity index (χ4v) is 2.25. The van der Waals surface area contributed by atoms with E-state index in [0.717, 1.165) is 16.8 Å². The first-order chi connectivity index (χ1) is 9.47. The first kappa shape index (κ1) is 13.9. The van der Waals surface area contributed by atoms with Crippen molar-refractivity contribution in [3.8, 4) is 0 Å². The molecule has 0 fully saturated rings. The van der Waals surface area contributed by atoms with Gasteiger partial charge >= 0.3 is 5.97 Å². The average molecular weight is 293 g/mol. The Kier molecular flexibility index (Phi) is 3.94. The van der Waals surface area contributed by atoms with Gasteiger partial charge in [0.15, 0.2) is 0 Å². The maximum absolute atomic E-state index is 11.0. The molecular weight excluding hydrogens is 282 g/mol. The number of aromatic nitrogens is 1. The Labute approximate surface area is 118 Å². The van der Waals surface area contributed by atoms with Crippen LogP contribution in [0.25, 0.3) is 0 Å². The van der Waals surface area contributed by atoms with Crippen molar-refractivity contribution in [2.24, 2.45) is 0 Å². The van der Waals surface area contributed by atoms with E-state index in [1.54, 1.807) is 0 Å². The molecule has 1 heterocycles. The number of thiazole rings is 1. The van der Waals surface area contributed by atoms with Gasteiger partial charge < -0.3 is 10.4 Å². The molecule has 1 aromatic heterocycles. The van der Waals surface area contributed by atoms with Crippen LogP contribution in [-0.4, -0.2) is 21.0 Å². The van der Waals surface area contributed by atoms with Crippen molar-refractivity contribution in [2.75, 3.05) is 5.32 Å². The molecule has 0 atom stereocenters. The summed E-state index contributed by atoms with van der Waals surface area (Å²) in [6, 6.07) is 3.75. The van der Waals surface area contributed by atoms with Crippen LogP contribution in [0.3, 0.4) is 0 Å². The van der Waals surface area contributed by atoms with E-state index in [-0.39, 0.29) is 16.9 Å². The summed E-state index contributed by atoms with van der Waals surface area (Å²) in [5.41, 5.74) is 0.665. The topological polar surface area (TPSA) is 105 Å². The van der Waals surface area contributed by atoms with Crippen molar-refractivity contribution in [3.05, 3.63) is 50.0 Å². The summed E-state index contributed by atoms with van der Waals surface area (Å²) in [6.07, 6.45) is 0. The van der Waals surface area contributed by atoms with Gasteiger partial charge in [-0.15, -0.1) is 11.3 Å². The third-order valence-electron chi connectivity index (χ3n) is 2.57. The summed E-state index contributed by atoms with van der Waals surface area (Å²) in [5.74, 6) is -1.20. The van der Waals surface area contributed by atoms with Gasteiger partial charge in [-0.2, -0.15) is 0 Å². The predicted molar refractivity (Wildman–Crippen MR) is 74.2 cm³/mol. The van der Waals surface area contributed by atoms with E-state index in [2.05, 4.69) is 10.3 Å². The molecule has 2 aromatic rings. The highest BCUT2D eigenvalue weighted by Crippen LogP contribution is 2.26. The third kappa shape index (κ3) is 3.09. The first-order valence-electron chi connectivity index (χ1n) is 5.64. The molecule has 1 aromatic carbocycles. The second kappa shape index (κ2) is 5.66. The van der Waals surface area contributed by atoms with Gasteiger partial charge in [-0.3, -0.25) is 10.1 Å². The van der Waals surface area contributed by atoms with E-state index in [0.29, 0.717) is 6.54 Å². The second-order valence-electron chi connectivity index (χ2n) is 4.01. The molecule has 0 unspecified atom stereocenters. The fourth-order valence-electron chi connectivity index (χ4n) is 1.64. The highest BCUT2D eigenvalue weighted by atomic mass is 32.1. The van der Waals surface area contributed by atoms with Crippen molar-refractivity contribution in [2.45, 2.75) is 13.5 Å². The highest BCUT2D eigenvalue weighted by molar-refractivity contribution is 7.09. The van der Waals surface area contributed by atoms with Gasteiger partial charge in [-0.05, 0) is 19.1 Å². The Morgan fingerprint density at radius 2 is 2.30 bits per heavy atom.